The van der Waals surface area contributed by atoms with Gasteiger partial charge in [-0.2, -0.15) is 13.2 Å². The summed E-state index contributed by atoms with van der Waals surface area (Å²) >= 11 is 0. The zero-order chi connectivity index (χ0) is 9.90. The Labute approximate surface area is 72.5 Å². The molecule has 13 heavy (non-hydrogen) atoms. The first-order chi connectivity index (χ1) is 6.04. The quantitative estimate of drug-likeness (QED) is 0.700. The van der Waals surface area contributed by atoms with Gasteiger partial charge < -0.3 is 9.68 Å². The topological polar surface area (TPSA) is 42.4 Å². The molecule has 0 aliphatic carbocycles. The fourth-order valence-electron chi connectivity index (χ4n) is 0.719. The van der Waals surface area contributed by atoms with Crippen LogP contribution < -0.4 is 4.65 Å². The van der Waals surface area contributed by atoms with E-state index in [0.717, 1.165) is 12.1 Å². The summed E-state index contributed by atoms with van der Waals surface area (Å²) in [4.78, 5) is 3.13. The molecule has 0 radical (unpaired) electrons. The van der Waals surface area contributed by atoms with Crippen LogP contribution in [0.15, 0.2) is 18.2 Å². The molecule has 1 N–H and O–H groups in total. The van der Waals surface area contributed by atoms with Crippen LogP contribution in [0, 0.1) is 0 Å². The highest BCUT2D eigenvalue weighted by atomic mass is 19.4. The van der Waals surface area contributed by atoms with Gasteiger partial charge in [-0.05, 0) is 12.1 Å². The molecule has 0 unspecified atom stereocenters. The molecule has 0 fully saturated rings. The third kappa shape index (κ3) is 2.62. The normalized spacial score (nSPS) is 11.1. The molecule has 0 bridgehead atoms. The van der Waals surface area contributed by atoms with Crippen LogP contribution in [-0.2, 0) is 6.18 Å². The van der Waals surface area contributed by atoms with E-state index in [9.17, 15) is 13.2 Å². The third-order valence-corrected chi connectivity index (χ3v) is 1.23. The van der Waals surface area contributed by atoms with Crippen LogP contribution in [0.25, 0.3) is 0 Å². The molecule has 0 atom stereocenters. The highest BCUT2D eigenvalue weighted by molar-refractivity contribution is 6.17. The van der Waals surface area contributed by atoms with Crippen LogP contribution in [0.3, 0.4) is 0 Å². The molecule has 1 rings (SSSR count). The van der Waals surface area contributed by atoms with E-state index in [2.05, 4.69) is 9.64 Å². The fraction of sp³-hybridized carbons (Fsp3) is 0.167. The minimum Gasteiger partial charge on any atom is -0.525 e. The molecule has 0 saturated carbocycles. The van der Waals surface area contributed by atoms with Crippen LogP contribution in [0.4, 0.5) is 13.2 Å². The molecule has 0 aromatic carbocycles. The van der Waals surface area contributed by atoms with E-state index in [1.165, 1.54) is 6.07 Å². The SMILES string of the molecule is OBOc1cccc(C(F)(F)F)n1. The Morgan fingerprint density at radius 1 is 1.38 bits per heavy atom. The standard InChI is InChI=1S/C6H5BF3NO2/c8-6(9,10)4-2-1-3-5(11-4)13-7-12/h1-3,7,12H. The molecule has 1 aromatic rings. The van der Waals surface area contributed by atoms with Gasteiger partial charge in [0, 0.05) is 0 Å². The lowest BCUT2D eigenvalue weighted by Gasteiger charge is -2.06. The van der Waals surface area contributed by atoms with Crippen molar-refractivity contribution in [2.75, 3.05) is 0 Å². The van der Waals surface area contributed by atoms with Gasteiger partial charge >= 0.3 is 13.9 Å². The largest absolute Gasteiger partial charge is 0.525 e. The van der Waals surface area contributed by atoms with Crippen molar-refractivity contribution >= 4 is 7.69 Å². The first-order valence-electron chi connectivity index (χ1n) is 3.32. The molecule has 3 nitrogen and oxygen atoms in total. The van der Waals surface area contributed by atoms with Gasteiger partial charge in [-0.1, -0.05) is 6.07 Å². The maximum atomic E-state index is 12.0. The maximum absolute atomic E-state index is 12.0. The summed E-state index contributed by atoms with van der Waals surface area (Å²) in [6, 6.07) is 3.20. The number of aromatic nitrogens is 1. The van der Waals surface area contributed by atoms with Gasteiger partial charge in [0.15, 0.2) is 5.88 Å². The molecular formula is C6H5BF3NO2. The average molecular weight is 191 g/mol. The Morgan fingerprint density at radius 2 is 2.08 bits per heavy atom. The first kappa shape index (κ1) is 9.85. The van der Waals surface area contributed by atoms with Gasteiger partial charge in [0.1, 0.15) is 5.69 Å². The van der Waals surface area contributed by atoms with E-state index >= 15 is 0 Å². The Bertz CT molecular complexity index is 291. The maximum Gasteiger partial charge on any atom is 0.505 e. The zero-order valence-corrected chi connectivity index (χ0v) is 6.38. The summed E-state index contributed by atoms with van der Waals surface area (Å²) < 4.78 is 40.5. The number of nitrogens with zero attached hydrogens (tertiary/aromatic N) is 1. The molecule has 1 heterocycles. The van der Waals surface area contributed by atoms with Crippen molar-refractivity contribution in [3.05, 3.63) is 23.9 Å². The van der Waals surface area contributed by atoms with E-state index in [4.69, 9.17) is 5.02 Å². The molecule has 7 heteroatoms. The Balaban J connectivity index is 2.92. The van der Waals surface area contributed by atoms with E-state index in [1.54, 1.807) is 0 Å². The van der Waals surface area contributed by atoms with E-state index in [-0.39, 0.29) is 5.88 Å². The molecule has 0 aliphatic heterocycles. The first-order valence-corrected chi connectivity index (χ1v) is 3.32. The minimum atomic E-state index is -4.49. The van der Waals surface area contributed by atoms with Gasteiger partial charge in [-0.3, -0.25) is 0 Å². The van der Waals surface area contributed by atoms with Crippen LogP contribution in [0.5, 0.6) is 5.88 Å². The van der Waals surface area contributed by atoms with Crippen LogP contribution in [0.1, 0.15) is 5.69 Å². The van der Waals surface area contributed by atoms with Crippen LogP contribution in [-0.4, -0.2) is 17.7 Å². The van der Waals surface area contributed by atoms with Crippen molar-refractivity contribution in [3.63, 3.8) is 0 Å². The van der Waals surface area contributed by atoms with Crippen molar-refractivity contribution in [3.8, 4) is 5.88 Å². The Kier molecular flexibility index (Phi) is 2.77. The number of alkyl halides is 3. The Hall–Kier alpha value is -1.24. The van der Waals surface area contributed by atoms with E-state index < -0.39 is 19.6 Å². The Morgan fingerprint density at radius 3 is 2.62 bits per heavy atom. The smallest absolute Gasteiger partial charge is 0.505 e. The average Bonchev–Trinajstić information content (AvgIpc) is 2.04. The summed E-state index contributed by atoms with van der Waals surface area (Å²) in [5.74, 6) is -0.252. The molecule has 0 aliphatic rings. The van der Waals surface area contributed by atoms with Crippen molar-refractivity contribution in [1.29, 1.82) is 0 Å². The summed E-state index contributed by atoms with van der Waals surface area (Å²) in [6.07, 6.45) is -4.49. The number of pyridine rings is 1. The van der Waals surface area contributed by atoms with E-state index in [0.29, 0.717) is 0 Å². The van der Waals surface area contributed by atoms with E-state index in [1.807, 2.05) is 0 Å². The zero-order valence-electron chi connectivity index (χ0n) is 6.38. The molecule has 0 saturated heterocycles. The number of rotatable bonds is 2. The lowest BCUT2D eigenvalue weighted by Crippen LogP contribution is -2.09. The number of halogens is 3. The predicted octanol–water partition coefficient (Wildman–Crippen LogP) is 0.738. The lowest BCUT2D eigenvalue weighted by atomic mass is 10.3. The van der Waals surface area contributed by atoms with Crippen molar-refractivity contribution in [1.82, 2.24) is 4.98 Å². The highest BCUT2D eigenvalue weighted by Crippen LogP contribution is 2.28. The predicted molar refractivity (Wildman–Crippen MR) is 39.2 cm³/mol. The van der Waals surface area contributed by atoms with Crippen LogP contribution in [0.2, 0.25) is 0 Å². The van der Waals surface area contributed by atoms with Crippen LogP contribution >= 0.6 is 0 Å². The van der Waals surface area contributed by atoms with Gasteiger partial charge in [-0.25, -0.2) is 4.98 Å². The van der Waals surface area contributed by atoms with Crippen molar-refractivity contribution in [2.45, 2.75) is 6.18 Å². The second-order valence-corrected chi connectivity index (χ2v) is 2.13. The highest BCUT2D eigenvalue weighted by Gasteiger charge is 2.32. The summed E-state index contributed by atoms with van der Waals surface area (Å²) in [5, 5.41) is 8.27. The third-order valence-electron chi connectivity index (χ3n) is 1.23. The summed E-state index contributed by atoms with van der Waals surface area (Å²) in [6.45, 7) is 0. The molecule has 70 valence electrons. The molecule has 0 amide bonds. The second-order valence-electron chi connectivity index (χ2n) is 2.13. The number of hydrogen-bond donors (Lipinski definition) is 1. The van der Waals surface area contributed by atoms with Gasteiger partial charge in [0.25, 0.3) is 0 Å². The van der Waals surface area contributed by atoms with Gasteiger partial charge in [-0.15, -0.1) is 0 Å². The number of hydrogen-bond acceptors (Lipinski definition) is 3. The van der Waals surface area contributed by atoms with Crippen molar-refractivity contribution < 1.29 is 22.8 Å². The monoisotopic (exact) mass is 191 g/mol. The molecular weight excluding hydrogens is 186 g/mol. The fourth-order valence-corrected chi connectivity index (χ4v) is 0.719. The molecule has 0 spiro atoms. The molecule has 1 aromatic heterocycles. The van der Waals surface area contributed by atoms with Crippen molar-refractivity contribution in [2.24, 2.45) is 0 Å². The summed E-state index contributed by atoms with van der Waals surface area (Å²) in [7, 11) is -0.700. The minimum absolute atomic E-state index is 0.252. The lowest BCUT2D eigenvalue weighted by molar-refractivity contribution is -0.141. The second kappa shape index (κ2) is 3.65. The van der Waals surface area contributed by atoms with Gasteiger partial charge in [0.2, 0.25) is 0 Å². The summed E-state index contributed by atoms with van der Waals surface area (Å²) in [5.41, 5.74) is -1.04. The van der Waals surface area contributed by atoms with Gasteiger partial charge in [0.05, 0.1) is 0 Å².